The number of benzene rings is 2. The van der Waals surface area contributed by atoms with Crippen LogP contribution in [0, 0.1) is 18.3 Å². The maximum absolute atomic E-state index is 12.7. The smallest absolute Gasteiger partial charge is 0.192 e. The molecule has 0 aliphatic heterocycles. The Labute approximate surface area is 108 Å². The Morgan fingerprint density at radius 3 is 2.11 bits per heavy atom. The molecule has 4 heteroatoms. The summed E-state index contributed by atoms with van der Waals surface area (Å²) in [5, 5.41) is 8.70. The molecule has 0 radical (unpaired) electrons. The zero-order chi connectivity index (χ0) is 14.0. The Hall–Kier alpha value is -2.28. The fourth-order valence-electron chi connectivity index (χ4n) is 1.85. The summed E-state index contributed by atoms with van der Waals surface area (Å²) in [7, 11) is 0. The van der Waals surface area contributed by atoms with Gasteiger partial charge in [0.15, 0.2) is 0 Å². The normalized spacial score (nSPS) is 11.1. The van der Waals surface area contributed by atoms with Gasteiger partial charge >= 0.3 is 6.18 Å². The van der Waals surface area contributed by atoms with Gasteiger partial charge in [-0.1, -0.05) is 18.2 Å². The second-order valence-electron chi connectivity index (χ2n) is 4.27. The maximum atomic E-state index is 12.7. The SMILES string of the molecule is Cc1cc(-c2ccc(C#N)cc2)cc(C(F)(F)F)c1. The zero-order valence-electron chi connectivity index (χ0n) is 10.1. The third-order valence-corrected chi connectivity index (χ3v) is 2.75. The molecule has 0 fully saturated rings. The number of rotatable bonds is 1. The molecular weight excluding hydrogens is 251 g/mol. The Morgan fingerprint density at radius 1 is 0.947 bits per heavy atom. The number of aryl methyl sites for hydroxylation is 1. The van der Waals surface area contributed by atoms with Crippen molar-refractivity contribution in [3.63, 3.8) is 0 Å². The van der Waals surface area contributed by atoms with Gasteiger partial charge in [0.1, 0.15) is 0 Å². The Balaban J connectivity index is 2.50. The first-order valence-electron chi connectivity index (χ1n) is 5.59. The van der Waals surface area contributed by atoms with Gasteiger partial charge < -0.3 is 0 Å². The van der Waals surface area contributed by atoms with Gasteiger partial charge in [0.2, 0.25) is 0 Å². The highest BCUT2D eigenvalue weighted by atomic mass is 19.4. The molecule has 2 rings (SSSR count). The van der Waals surface area contributed by atoms with Crippen LogP contribution in [-0.4, -0.2) is 0 Å². The topological polar surface area (TPSA) is 23.8 Å². The van der Waals surface area contributed by atoms with Gasteiger partial charge in [-0.05, 0) is 47.9 Å². The van der Waals surface area contributed by atoms with Crippen molar-refractivity contribution in [2.45, 2.75) is 13.1 Å². The molecule has 19 heavy (non-hydrogen) atoms. The van der Waals surface area contributed by atoms with Crippen LogP contribution in [0.25, 0.3) is 11.1 Å². The minimum atomic E-state index is -4.35. The summed E-state index contributed by atoms with van der Waals surface area (Å²) in [4.78, 5) is 0. The lowest BCUT2D eigenvalue weighted by atomic mass is 9.99. The van der Waals surface area contributed by atoms with Crippen molar-refractivity contribution in [1.29, 1.82) is 5.26 Å². The molecule has 0 atom stereocenters. The number of halogens is 3. The molecule has 1 nitrogen and oxygen atoms in total. The van der Waals surface area contributed by atoms with Gasteiger partial charge in [-0.2, -0.15) is 18.4 Å². The second kappa shape index (κ2) is 4.77. The molecule has 96 valence electrons. The van der Waals surface area contributed by atoms with E-state index < -0.39 is 11.7 Å². The number of alkyl halides is 3. The zero-order valence-corrected chi connectivity index (χ0v) is 10.1. The fourth-order valence-corrected chi connectivity index (χ4v) is 1.85. The highest BCUT2D eigenvalue weighted by Gasteiger charge is 2.30. The first kappa shape index (κ1) is 13.2. The average Bonchev–Trinajstić information content (AvgIpc) is 2.37. The van der Waals surface area contributed by atoms with Gasteiger partial charge in [-0.3, -0.25) is 0 Å². The van der Waals surface area contributed by atoms with Crippen molar-refractivity contribution >= 4 is 0 Å². The summed E-state index contributed by atoms with van der Waals surface area (Å²) in [6.07, 6.45) is -4.35. The predicted molar refractivity (Wildman–Crippen MR) is 66.3 cm³/mol. The number of nitriles is 1. The van der Waals surface area contributed by atoms with Gasteiger partial charge in [-0.25, -0.2) is 0 Å². The largest absolute Gasteiger partial charge is 0.416 e. The summed E-state index contributed by atoms with van der Waals surface area (Å²) in [6, 6.07) is 12.4. The third kappa shape index (κ3) is 2.94. The molecule has 0 bridgehead atoms. The van der Waals surface area contributed by atoms with Gasteiger partial charge in [0.25, 0.3) is 0 Å². The summed E-state index contributed by atoms with van der Waals surface area (Å²) in [5.74, 6) is 0. The number of hydrogen-bond donors (Lipinski definition) is 0. The first-order chi connectivity index (χ1) is 8.90. The minimum Gasteiger partial charge on any atom is -0.192 e. The van der Waals surface area contributed by atoms with E-state index in [0.717, 1.165) is 12.1 Å². The maximum Gasteiger partial charge on any atom is 0.416 e. The molecule has 0 saturated carbocycles. The quantitative estimate of drug-likeness (QED) is 0.738. The van der Waals surface area contributed by atoms with E-state index in [1.54, 1.807) is 37.3 Å². The van der Waals surface area contributed by atoms with E-state index in [1.807, 2.05) is 6.07 Å². The lowest BCUT2D eigenvalue weighted by Gasteiger charge is -2.10. The minimum absolute atomic E-state index is 0.479. The monoisotopic (exact) mass is 261 g/mol. The van der Waals surface area contributed by atoms with Crippen molar-refractivity contribution in [3.8, 4) is 17.2 Å². The van der Waals surface area contributed by atoms with E-state index in [2.05, 4.69) is 0 Å². The van der Waals surface area contributed by atoms with Crippen LogP contribution >= 0.6 is 0 Å². The molecule has 0 N–H and O–H groups in total. The van der Waals surface area contributed by atoms with Crippen LogP contribution in [-0.2, 0) is 6.18 Å². The lowest BCUT2D eigenvalue weighted by molar-refractivity contribution is -0.137. The first-order valence-corrected chi connectivity index (χ1v) is 5.59. The third-order valence-electron chi connectivity index (χ3n) is 2.75. The predicted octanol–water partition coefficient (Wildman–Crippen LogP) is 4.55. The molecular formula is C15H10F3N. The average molecular weight is 261 g/mol. The molecule has 2 aromatic rings. The van der Waals surface area contributed by atoms with E-state index in [4.69, 9.17) is 5.26 Å². The molecule has 0 spiro atoms. The summed E-state index contributed by atoms with van der Waals surface area (Å²) in [6.45, 7) is 1.63. The van der Waals surface area contributed by atoms with E-state index >= 15 is 0 Å². The fraction of sp³-hybridized carbons (Fsp3) is 0.133. The number of nitrogens with zero attached hydrogens (tertiary/aromatic N) is 1. The second-order valence-corrected chi connectivity index (χ2v) is 4.27. The molecule has 0 aromatic heterocycles. The van der Waals surface area contributed by atoms with Gasteiger partial charge in [0, 0.05) is 0 Å². The van der Waals surface area contributed by atoms with Crippen LogP contribution in [0.1, 0.15) is 16.7 Å². The van der Waals surface area contributed by atoms with Crippen LogP contribution < -0.4 is 0 Å². The molecule has 0 heterocycles. The van der Waals surface area contributed by atoms with Crippen LogP contribution in [0.5, 0.6) is 0 Å². The van der Waals surface area contributed by atoms with Crippen molar-refractivity contribution in [1.82, 2.24) is 0 Å². The highest BCUT2D eigenvalue weighted by molar-refractivity contribution is 5.66. The van der Waals surface area contributed by atoms with E-state index in [9.17, 15) is 13.2 Å². The van der Waals surface area contributed by atoms with Crippen molar-refractivity contribution in [3.05, 3.63) is 59.2 Å². The van der Waals surface area contributed by atoms with Gasteiger partial charge in [0.05, 0.1) is 17.2 Å². The summed E-state index contributed by atoms with van der Waals surface area (Å²) >= 11 is 0. The lowest BCUT2D eigenvalue weighted by Crippen LogP contribution is -2.05. The Bertz CT molecular complexity index is 634. The summed E-state index contributed by atoms with van der Waals surface area (Å²) in [5.41, 5.74) is 1.53. The molecule has 0 aliphatic carbocycles. The van der Waals surface area contributed by atoms with Crippen molar-refractivity contribution in [2.75, 3.05) is 0 Å². The Kier molecular flexibility index (Phi) is 3.30. The van der Waals surface area contributed by atoms with E-state index in [1.165, 1.54) is 0 Å². The number of hydrogen-bond acceptors (Lipinski definition) is 1. The molecule has 2 aromatic carbocycles. The van der Waals surface area contributed by atoms with Crippen molar-refractivity contribution in [2.24, 2.45) is 0 Å². The van der Waals surface area contributed by atoms with E-state index in [-0.39, 0.29) is 0 Å². The summed E-state index contributed by atoms with van der Waals surface area (Å²) < 4.78 is 38.2. The van der Waals surface area contributed by atoms with E-state index in [0.29, 0.717) is 22.3 Å². The molecule has 0 amide bonds. The van der Waals surface area contributed by atoms with Crippen LogP contribution in [0.2, 0.25) is 0 Å². The Morgan fingerprint density at radius 2 is 1.58 bits per heavy atom. The highest BCUT2D eigenvalue weighted by Crippen LogP contribution is 2.33. The molecule has 0 unspecified atom stereocenters. The molecule has 0 saturated heterocycles. The van der Waals surface area contributed by atoms with Crippen molar-refractivity contribution < 1.29 is 13.2 Å². The van der Waals surface area contributed by atoms with Crippen LogP contribution in [0.3, 0.4) is 0 Å². The molecule has 0 aliphatic rings. The standard InChI is InChI=1S/C15H10F3N/c1-10-6-13(8-14(7-10)15(16,17)18)12-4-2-11(9-19)3-5-12/h2-8H,1H3. The van der Waals surface area contributed by atoms with Crippen LogP contribution in [0.15, 0.2) is 42.5 Å². The van der Waals surface area contributed by atoms with Gasteiger partial charge in [-0.15, -0.1) is 0 Å². The van der Waals surface area contributed by atoms with Crippen LogP contribution in [0.4, 0.5) is 13.2 Å².